The summed E-state index contributed by atoms with van der Waals surface area (Å²) in [5, 5.41) is 3.58. The van der Waals surface area contributed by atoms with Crippen LogP contribution in [0.25, 0.3) is 0 Å². The molecule has 0 amide bonds. The van der Waals surface area contributed by atoms with Crippen LogP contribution in [-0.2, 0) is 14.9 Å². The minimum Gasteiger partial charge on any atom is -0.493 e. The topological polar surface area (TPSA) is 64.6 Å². The van der Waals surface area contributed by atoms with E-state index in [0.717, 1.165) is 76.0 Å². The van der Waals surface area contributed by atoms with E-state index in [2.05, 4.69) is 41.2 Å². The zero-order valence-corrected chi connectivity index (χ0v) is 19.8. The van der Waals surface area contributed by atoms with Gasteiger partial charge in [0.1, 0.15) is 0 Å². The molecule has 31 heavy (non-hydrogen) atoms. The van der Waals surface area contributed by atoms with E-state index in [4.69, 9.17) is 18.9 Å². The van der Waals surface area contributed by atoms with E-state index in [9.17, 15) is 0 Å². The van der Waals surface area contributed by atoms with Gasteiger partial charge in [-0.15, -0.1) is 0 Å². The van der Waals surface area contributed by atoms with E-state index in [1.807, 2.05) is 13.1 Å². The summed E-state index contributed by atoms with van der Waals surface area (Å²) in [6.07, 6.45) is 4.95. The number of piperidine rings is 1. The number of aliphatic imine (C=N–C) groups is 1. The fourth-order valence-electron chi connectivity index (χ4n) is 4.25. The molecule has 2 fully saturated rings. The summed E-state index contributed by atoms with van der Waals surface area (Å²) in [4.78, 5) is 6.86. The molecule has 7 heteroatoms. The first-order valence-corrected chi connectivity index (χ1v) is 11.4. The maximum Gasteiger partial charge on any atom is 0.193 e. The lowest BCUT2D eigenvalue weighted by Gasteiger charge is -2.36. The third kappa shape index (κ3) is 6.26. The molecule has 2 saturated heterocycles. The molecule has 1 atom stereocenters. The van der Waals surface area contributed by atoms with Gasteiger partial charge in [0.15, 0.2) is 17.5 Å². The minimum atomic E-state index is -0.0990. The Morgan fingerprint density at radius 3 is 2.52 bits per heavy atom. The van der Waals surface area contributed by atoms with Crippen molar-refractivity contribution in [2.45, 2.75) is 57.2 Å². The Hall–Kier alpha value is -1.99. The average Bonchev–Trinajstić information content (AvgIpc) is 3.32. The Balaban J connectivity index is 1.49. The van der Waals surface area contributed by atoms with Crippen molar-refractivity contribution in [3.63, 3.8) is 0 Å². The normalized spacial score (nSPS) is 20.7. The molecule has 7 nitrogen and oxygen atoms in total. The highest BCUT2D eigenvalue weighted by molar-refractivity contribution is 5.80. The van der Waals surface area contributed by atoms with E-state index in [1.54, 1.807) is 14.2 Å². The number of hydrogen-bond donors (Lipinski definition) is 1. The zero-order valence-electron chi connectivity index (χ0n) is 19.8. The molecule has 0 aromatic heterocycles. The first kappa shape index (κ1) is 23.7. The second kappa shape index (κ2) is 11.0. The number of nitrogens with one attached hydrogen (secondary N) is 1. The molecule has 0 saturated carbocycles. The van der Waals surface area contributed by atoms with Crippen LogP contribution in [0.5, 0.6) is 11.5 Å². The predicted molar refractivity (Wildman–Crippen MR) is 123 cm³/mol. The minimum absolute atomic E-state index is 0.0990. The largest absolute Gasteiger partial charge is 0.493 e. The monoisotopic (exact) mass is 433 g/mol. The Labute approximate surface area is 187 Å². The van der Waals surface area contributed by atoms with Crippen LogP contribution in [0.1, 0.15) is 45.1 Å². The van der Waals surface area contributed by atoms with Gasteiger partial charge in [-0.2, -0.15) is 0 Å². The lowest BCUT2D eigenvalue weighted by atomic mass is 9.84. The van der Waals surface area contributed by atoms with Gasteiger partial charge in [-0.25, -0.2) is 0 Å². The van der Waals surface area contributed by atoms with Crippen molar-refractivity contribution in [3.8, 4) is 11.5 Å². The molecule has 0 spiro atoms. The smallest absolute Gasteiger partial charge is 0.193 e. The molecule has 0 radical (unpaired) electrons. The highest BCUT2D eigenvalue weighted by Crippen LogP contribution is 2.33. The fourth-order valence-corrected chi connectivity index (χ4v) is 4.25. The predicted octanol–water partition coefficient (Wildman–Crippen LogP) is 3.22. The molecule has 0 aliphatic carbocycles. The van der Waals surface area contributed by atoms with Crippen LogP contribution in [0.3, 0.4) is 0 Å². The second-order valence-corrected chi connectivity index (χ2v) is 9.01. The Kier molecular flexibility index (Phi) is 8.43. The molecule has 1 unspecified atom stereocenters. The van der Waals surface area contributed by atoms with Gasteiger partial charge in [0.2, 0.25) is 0 Å². The van der Waals surface area contributed by atoms with Crippen LogP contribution in [0.2, 0.25) is 0 Å². The molecule has 1 aromatic carbocycles. The SMILES string of the molecule is CN=C(NCC(C)(C)c1ccc(OC)c(OC)c1)N1CCC(OCC2CCCO2)CC1. The van der Waals surface area contributed by atoms with Crippen LogP contribution >= 0.6 is 0 Å². The molecule has 174 valence electrons. The molecule has 1 N–H and O–H groups in total. The van der Waals surface area contributed by atoms with Crippen molar-refractivity contribution in [2.24, 2.45) is 4.99 Å². The van der Waals surface area contributed by atoms with Crippen molar-refractivity contribution >= 4 is 5.96 Å². The van der Waals surface area contributed by atoms with Gasteiger partial charge >= 0.3 is 0 Å². The first-order chi connectivity index (χ1) is 15.0. The van der Waals surface area contributed by atoms with E-state index < -0.39 is 0 Å². The van der Waals surface area contributed by atoms with Gasteiger partial charge in [-0.1, -0.05) is 19.9 Å². The van der Waals surface area contributed by atoms with E-state index in [0.29, 0.717) is 12.2 Å². The standard InChI is InChI=1S/C24H39N3O4/c1-24(2,18-8-9-21(28-4)22(15-18)29-5)17-26-23(25-3)27-12-10-19(11-13-27)31-16-20-7-6-14-30-20/h8-9,15,19-20H,6-7,10-14,16-17H2,1-5H3,(H,25,26). The highest BCUT2D eigenvalue weighted by atomic mass is 16.5. The Morgan fingerprint density at radius 2 is 1.90 bits per heavy atom. The lowest BCUT2D eigenvalue weighted by molar-refractivity contribution is -0.0367. The highest BCUT2D eigenvalue weighted by Gasteiger charge is 2.27. The Morgan fingerprint density at radius 1 is 1.16 bits per heavy atom. The van der Waals surface area contributed by atoms with Gasteiger partial charge < -0.3 is 29.2 Å². The van der Waals surface area contributed by atoms with Gasteiger partial charge in [0, 0.05) is 38.7 Å². The summed E-state index contributed by atoms with van der Waals surface area (Å²) in [5.74, 6) is 2.45. The maximum absolute atomic E-state index is 6.11. The molecular weight excluding hydrogens is 394 g/mol. The van der Waals surface area contributed by atoms with Gasteiger partial charge in [-0.05, 0) is 43.4 Å². The summed E-state index contributed by atoms with van der Waals surface area (Å²) in [7, 11) is 5.18. The van der Waals surface area contributed by atoms with Crippen molar-refractivity contribution in [2.75, 3.05) is 54.1 Å². The number of guanidine groups is 1. The number of hydrogen-bond acceptors (Lipinski definition) is 5. The van der Waals surface area contributed by atoms with E-state index in [1.165, 1.54) is 5.56 Å². The van der Waals surface area contributed by atoms with Crippen LogP contribution in [-0.4, -0.2) is 77.2 Å². The maximum atomic E-state index is 6.11. The quantitative estimate of drug-likeness (QED) is 0.502. The van der Waals surface area contributed by atoms with Gasteiger partial charge in [0.25, 0.3) is 0 Å². The van der Waals surface area contributed by atoms with Crippen LogP contribution in [0.4, 0.5) is 0 Å². The molecule has 1 aromatic rings. The van der Waals surface area contributed by atoms with Crippen molar-refractivity contribution in [1.82, 2.24) is 10.2 Å². The number of methoxy groups -OCH3 is 2. The summed E-state index contributed by atoms with van der Waals surface area (Å²) in [6.45, 7) is 8.73. The fraction of sp³-hybridized carbons (Fsp3) is 0.708. The molecule has 2 aliphatic rings. The summed E-state index contributed by atoms with van der Waals surface area (Å²) in [6, 6.07) is 6.12. The summed E-state index contributed by atoms with van der Waals surface area (Å²) < 4.78 is 22.6. The second-order valence-electron chi connectivity index (χ2n) is 9.01. The van der Waals surface area contributed by atoms with Gasteiger partial charge in [-0.3, -0.25) is 4.99 Å². The molecule has 0 bridgehead atoms. The summed E-state index contributed by atoms with van der Waals surface area (Å²) in [5.41, 5.74) is 1.09. The molecule has 2 aliphatic heterocycles. The van der Waals surface area contributed by atoms with Crippen LogP contribution in [0.15, 0.2) is 23.2 Å². The van der Waals surface area contributed by atoms with E-state index >= 15 is 0 Å². The third-order valence-electron chi connectivity index (χ3n) is 6.35. The summed E-state index contributed by atoms with van der Waals surface area (Å²) >= 11 is 0. The Bertz CT molecular complexity index is 724. The first-order valence-electron chi connectivity index (χ1n) is 11.4. The number of likely N-dealkylation sites (tertiary alicyclic amines) is 1. The number of benzene rings is 1. The number of ether oxygens (including phenoxy) is 4. The van der Waals surface area contributed by atoms with Crippen LogP contribution < -0.4 is 14.8 Å². The molecule has 3 rings (SSSR count). The van der Waals surface area contributed by atoms with Gasteiger partial charge in [0.05, 0.1) is 33.0 Å². The molecule has 2 heterocycles. The average molecular weight is 434 g/mol. The lowest BCUT2D eigenvalue weighted by Crippen LogP contribution is -2.49. The van der Waals surface area contributed by atoms with Crippen molar-refractivity contribution in [1.29, 1.82) is 0 Å². The zero-order chi connectivity index (χ0) is 22.3. The van der Waals surface area contributed by atoms with Crippen molar-refractivity contribution in [3.05, 3.63) is 23.8 Å². The van der Waals surface area contributed by atoms with Crippen molar-refractivity contribution < 1.29 is 18.9 Å². The molecular formula is C24H39N3O4. The number of nitrogens with zero attached hydrogens (tertiary/aromatic N) is 2. The van der Waals surface area contributed by atoms with Crippen LogP contribution in [0, 0.1) is 0 Å². The third-order valence-corrected chi connectivity index (χ3v) is 6.35. The van der Waals surface area contributed by atoms with E-state index in [-0.39, 0.29) is 5.41 Å². The number of rotatable bonds is 8.